The van der Waals surface area contributed by atoms with Gasteiger partial charge in [-0.05, 0) is 28.3 Å². The van der Waals surface area contributed by atoms with Gasteiger partial charge in [-0.15, -0.1) is 0 Å². The summed E-state index contributed by atoms with van der Waals surface area (Å²) in [5.74, 6) is -1.49. The number of carbonyl (C=O) groups is 2. The van der Waals surface area contributed by atoms with E-state index >= 15 is 0 Å². The van der Waals surface area contributed by atoms with Gasteiger partial charge in [-0.2, -0.15) is 0 Å². The van der Waals surface area contributed by atoms with E-state index in [0.29, 0.717) is 12.1 Å². The Bertz CT molecular complexity index is 782. The zero-order chi connectivity index (χ0) is 18.9. The van der Waals surface area contributed by atoms with Crippen LogP contribution in [0.25, 0.3) is 0 Å². The average Bonchev–Trinajstić information content (AvgIpc) is 2.62. The van der Waals surface area contributed by atoms with E-state index in [1.54, 1.807) is 12.1 Å². The number of benzene rings is 2. The van der Waals surface area contributed by atoms with Gasteiger partial charge in [-0.25, -0.2) is 4.79 Å². The Morgan fingerprint density at radius 3 is 2.54 bits per heavy atom. The smallest absolute Gasteiger partial charge is 0.461 e. The van der Waals surface area contributed by atoms with Crippen LogP contribution in [0.1, 0.15) is 15.9 Å². The highest BCUT2D eigenvalue weighted by Crippen LogP contribution is 2.18. The zero-order valence-corrected chi connectivity index (χ0v) is 15.1. The molecule has 0 bridgehead atoms. The second-order valence-electron chi connectivity index (χ2n) is 5.54. The van der Waals surface area contributed by atoms with Crippen molar-refractivity contribution in [3.8, 4) is 0 Å². The number of carboxylic acid groups (broad SMARTS) is 1. The molecule has 7 nitrogen and oxygen atoms in total. The molecule has 0 saturated carbocycles. The number of carboxylic acids is 1. The lowest BCUT2D eigenvalue weighted by atomic mass is 10.1. The second kappa shape index (κ2) is 9.77. The van der Waals surface area contributed by atoms with E-state index in [2.05, 4.69) is 10.4 Å². The van der Waals surface area contributed by atoms with Crippen molar-refractivity contribution in [3.05, 3.63) is 65.7 Å². The molecule has 2 unspecified atom stereocenters. The highest BCUT2D eigenvalue weighted by atomic mass is 31.1. The van der Waals surface area contributed by atoms with Crippen molar-refractivity contribution in [3.63, 3.8) is 0 Å². The first-order valence-electron chi connectivity index (χ1n) is 7.87. The van der Waals surface area contributed by atoms with Crippen molar-refractivity contribution in [1.82, 2.24) is 5.09 Å². The molecule has 0 fully saturated rings. The lowest BCUT2D eigenvalue weighted by molar-refractivity contribution is -0.117. The molecular weight excluding hydrogens is 355 g/mol. The molecule has 136 valence electrons. The molecule has 3 N–H and O–H groups in total. The van der Waals surface area contributed by atoms with Crippen LogP contribution in [0.15, 0.2) is 54.6 Å². The first kappa shape index (κ1) is 19.7. The van der Waals surface area contributed by atoms with E-state index in [-0.39, 0.29) is 11.9 Å². The second-order valence-corrected chi connectivity index (χ2v) is 6.82. The predicted molar refractivity (Wildman–Crippen MR) is 98.6 cm³/mol. The molecule has 2 aromatic rings. The SMILES string of the molecule is COC[P+](=O)NC(Cc1ccccc1)C(=O)Nc1cccc(C(=O)O)c1. The summed E-state index contributed by atoms with van der Waals surface area (Å²) in [7, 11) is -0.488. The predicted octanol–water partition coefficient (Wildman–Crippen LogP) is 2.87. The summed E-state index contributed by atoms with van der Waals surface area (Å²) < 4.78 is 16.8. The fraction of sp³-hybridized carbons (Fsp3) is 0.222. The molecule has 0 spiro atoms. The van der Waals surface area contributed by atoms with Gasteiger partial charge in [-0.3, -0.25) is 4.79 Å². The van der Waals surface area contributed by atoms with Crippen molar-refractivity contribution in [2.75, 3.05) is 18.8 Å². The third-order valence-corrected chi connectivity index (χ3v) is 4.61. The van der Waals surface area contributed by atoms with E-state index in [1.807, 2.05) is 30.3 Å². The monoisotopic (exact) mass is 375 g/mol. The third-order valence-electron chi connectivity index (χ3n) is 3.52. The van der Waals surface area contributed by atoms with Crippen LogP contribution in [0, 0.1) is 0 Å². The number of anilines is 1. The van der Waals surface area contributed by atoms with Gasteiger partial charge in [0.05, 0.1) is 5.56 Å². The molecule has 1 amide bonds. The molecule has 0 radical (unpaired) electrons. The maximum absolute atomic E-state index is 12.6. The van der Waals surface area contributed by atoms with Gasteiger partial charge < -0.3 is 15.2 Å². The van der Waals surface area contributed by atoms with Crippen LogP contribution in [0.4, 0.5) is 5.69 Å². The van der Waals surface area contributed by atoms with Crippen LogP contribution in [0.3, 0.4) is 0 Å². The number of amides is 1. The molecule has 0 saturated heterocycles. The van der Waals surface area contributed by atoms with Crippen LogP contribution in [-0.4, -0.2) is 36.5 Å². The molecule has 8 heteroatoms. The van der Waals surface area contributed by atoms with Gasteiger partial charge in [0.15, 0.2) is 0 Å². The standard InChI is InChI=1S/C18H19N2O5P/c1-25-12-26(24)20-16(10-13-6-3-2-4-7-13)17(21)19-15-9-5-8-14(11-15)18(22)23/h2-9,11,16H,10,12H2,1H3,(H2-,19,20,21,22,23,24)/p+1. The Morgan fingerprint density at radius 2 is 1.88 bits per heavy atom. The normalized spacial score (nSPS) is 12.3. The summed E-state index contributed by atoms with van der Waals surface area (Å²) in [5, 5.41) is 14.5. The van der Waals surface area contributed by atoms with E-state index in [4.69, 9.17) is 9.84 Å². The van der Waals surface area contributed by atoms with E-state index in [9.17, 15) is 14.2 Å². The molecule has 0 aliphatic heterocycles. The number of aromatic carboxylic acids is 1. The lowest BCUT2D eigenvalue weighted by Gasteiger charge is -2.14. The van der Waals surface area contributed by atoms with Crippen molar-refractivity contribution < 1.29 is 24.0 Å². The Balaban J connectivity index is 2.14. The highest BCUT2D eigenvalue weighted by molar-refractivity contribution is 7.42. The highest BCUT2D eigenvalue weighted by Gasteiger charge is 2.28. The Labute approximate surface area is 152 Å². The molecule has 2 atom stereocenters. The maximum Gasteiger partial charge on any atom is 0.461 e. The van der Waals surface area contributed by atoms with Gasteiger partial charge >= 0.3 is 13.9 Å². The Hall–Kier alpha value is -2.60. The van der Waals surface area contributed by atoms with Crippen LogP contribution in [0.2, 0.25) is 0 Å². The topological polar surface area (TPSA) is 105 Å². The summed E-state index contributed by atoms with van der Waals surface area (Å²) in [4.78, 5) is 23.7. The summed E-state index contributed by atoms with van der Waals surface area (Å²) in [6.45, 7) is 0. The van der Waals surface area contributed by atoms with Crippen molar-refractivity contribution >= 4 is 25.5 Å². The summed E-state index contributed by atoms with van der Waals surface area (Å²) in [5.41, 5.74) is 1.33. The Kier molecular flexibility index (Phi) is 7.41. The van der Waals surface area contributed by atoms with Crippen LogP contribution < -0.4 is 10.4 Å². The number of rotatable bonds is 9. The average molecular weight is 375 g/mol. The number of methoxy groups -OCH3 is 1. The van der Waals surface area contributed by atoms with Gasteiger partial charge in [0, 0.05) is 19.2 Å². The summed E-state index contributed by atoms with van der Waals surface area (Å²) in [6, 6.07) is 14.5. The fourth-order valence-corrected chi connectivity index (χ4v) is 3.20. The van der Waals surface area contributed by atoms with E-state index in [1.165, 1.54) is 19.2 Å². The molecule has 0 aliphatic rings. The van der Waals surface area contributed by atoms with Gasteiger partial charge in [0.1, 0.15) is 6.04 Å². The molecule has 2 rings (SSSR count). The number of hydrogen-bond donors (Lipinski definition) is 3. The molecule has 26 heavy (non-hydrogen) atoms. The number of nitrogens with one attached hydrogen (secondary N) is 2. The molecule has 0 aliphatic carbocycles. The first-order chi connectivity index (χ1) is 12.5. The lowest BCUT2D eigenvalue weighted by Crippen LogP contribution is -2.39. The molecule has 2 aromatic carbocycles. The van der Waals surface area contributed by atoms with Crippen LogP contribution in [-0.2, 0) is 20.5 Å². The number of carbonyl (C=O) groups excluding carboxylic acids is 1. The van der Waals surface area contributed by atoms with Crippen molar-refractivity contribution in [2.45, 2.75) is 12.5 Å². The Morgan fingerprint density at radius 1 is 1.15 bits per heavy atom. The van der Waals surface area contributed by atoms with Gasteiger partial charge in [0.25, 0.3) is 6.35 Å². The minimum Gasteiger partial charge on any atom is -0.478 e. The maximum atomic E-state index is 12.6. The fourth-order valence-electron chi connectivity index (χ4n) is 2.33. The molecular formula is C18H20N2O5P+. The molecule has 0 aromatic heterocycles. The quantitative estimate of drug-likeness (QED) is 0.582. The molecule has 0 heterocycles. The minimum atomic E-state index is -1.92. The number of ether oxygens (including phenoxy) is 1. The van der Waals surface area contributed by atoms with E-state index in [0.717, 1.165) is 5.56 Å². The van der Waals surface area contributed by atoms with E-state index < -0.39 is 25.9 Å². The van der Waals surface area contributed by atoms with Crippen molar-refractivity contribution in [2.24, 2.45) is 0 Å². The number of hydrogen-bond acceptors (Lipinski definition) is 4. The van der Waals surface area contributed by atoms with Gasteiger partial charge in [-0.1, -0.05) is 41.5 Å². The third kappa shape index (κ3) is 6.04. The van der Waals surface area contributed by atoms with Gasteiger partial charge in [0.2, 0.25) is 5.91 Å². The first-order valence-corrected chi connectivity index (χ1v) is 9.32. The van der Waals surface area contributed by atoms with Crippen LogP contribution in [0.5, 0.6) is 0 Å². The minimum absolute atomic E-state index is 0.0115. The van der Waals surface area contributed by atoms with Crippen LogP contribution >= 0.6 is 7.95 Å². The summed E-state index contributed by atoms with van der Waals surface area (Å²) in [6.07, 6.45) is 0.318. The zero-order valence-electron chi connectivity index (χ0n) is 14.2. The largest absolute Gasteiger partial charge is 0.478 e. The summed E-state index contributed by atoms with van der Waals surface area (Å²) >= 11 is 0. The van der Waals surface area contributed by atoms with Crippen molar-refractivity contribution in [1.29, 1.82) is 0 Å².